The van der Waals surface area contributed by atoms with Gasteiger partial charge in [-0.2, -0.15) is 0 Å². The number of carbonyl (C=O) groups is 1. The second kappa shape index (κ2) is 6.11. The van der Waals surface area contributed by atoms with Crippen molar-refractivity contribution in [3.8, 4) is 5.75 Å². The van der Waals surface area contributed by atoms with Gasteiger partial charge in [-0.15, -0.1) is 0 Å². The Balaban J connectivity index is 1.89. The summed E-state index contributed by atoms with van der Waals surface area (Å²) in [5, 5.41) is 0. The van der Waals surface area contributed by atoms with Crippen LogP contribution in [0, 0.1) is 0 Å². The third kappa shape index (κ3) is 4.11. The molecule has 0 N–H and O–H groups in total. The fourth-order valence-electron chi connectivity index (χ4n) is 2.19. The van der Waals surface area contributed by atoms with Gasteiger partial charge >= 0.3 is 6.09 Å². The summed E-state index contributed by atoms with van der Waals surface area (Å²) in [6, 6.07) is 3.76. The first-order valence-electron chi connectivity index (χ1n) is 6.98. The summed E-state index contributed by atoms with van der Waals surface area (Å²) in [6.07, 6.45) is 5.05. The van der Waals surface area contributed by atoms with Crippen LogP contribution < -0.4 is 4.74 Å². The Hall–Kier alpha value is -1.78. The summed E-state index contributed by atoms with van der Waals surface area (Å²) < 4.78 is 11.1. The molecule has 1 aliphatic heterocycles. The minimum absolute atomic E-state index is 0.0741. The van der Waals surface area contributed by atoms with E-state index >= 15 is 0 Å². The second-order valence-corrected chi connectivity index (χ2v) is 5.97. The molecule has 5 nitrogen and oxygen atoms in total. The molecule has 2 rings (SSSR count). The number of carbonyl (C=O) groups excluding carboxylic acids is 1. The van der Waals surface area contributed by atoms with Crippen LogP contribution >= 0.6 is 0 Å². The van der Waals surface area contributed by atoms with Crippen LogP contribution in [0.1, 0.15) is 33.6 Å². The van der Waals surface area contributed by atoms with Crippen molar-refractivity contribution in [1.29, 1.82) is 0 Å². The predicted molar refractivity (Wildman–Crippen MR) is 75.7 cm³/mol. The Morgan fingerprint density at radius 3 is 2.95 bits per heavy atom. The van der Waals surface area contributed by atoms with E-state index in [0.717, 1.165) is 25.1 Å². The van der Waals surface area contributed by atoms with Crippen molar-refractivity contribution in [2.45, 2.75) is 45.3 Å². The van der Waals surface area contributed by atoms with Gasteiger partial charge in [0.25, 0.3) is 0 Å². The summed E-state index contributed by atoms with van der Waals surface area (Å²) in [6.45, 7) is 6.84. The Morgan fingerprint density at radius 1 is 1.50 bits per heavy atom. The molecule has 0 radical (unpaired) electrons. The maximum atomic E-state index is 12.1. The average molecular weight is 278 g/mol. The number of aromatic nitrogens is 1. The molecule has 0 saturated carbocycles. The standard InChI is InChI=1S/C15H22N2O3/c1-15(2,3)20-14(18)17-9-5-6-12(17)11-19-13-7-4-8-16-10-13/h4,7-8,10,12H,5-6,9,11H2,1-3H3. The van der Waals surface area contributed by atoms with E-state index in [2.05, 4.69) is 4.98 Å². The monoisotopic (exact) mass is 278 g/mol. The summed E-state index contributed by atoms with van der Waals surface area (Å²) in [5.74, 6) is 0.725. The molecule has 1 aromatic rings. The molecule has 1 unspecified atom stereocenters. The zero-order valence-corrected chi connectivity index (χ0v) is 12.3. The maximum Gasteiger partial charge on any atom is 0.410 e. The largest absolute Gasteiger partial charge is 0.490 e. The first-order chi connectivity index (χ1) is 9.46. The fraction of sp³-hybridized carbons (Fsp3) is 0.600. The number of pyridine rings is 1. The van der Waals surface area contributed by atoms with Crippen molar-refractivity contribution in [1.82, 2.24) is 9.88 Å². The van der Waals surface area contributed by atoms with E-state index in [1.807, 2.05) is 32.9 Å². The molecule has 5 heteroatoms. The Labute approximate surface area is 119 Å². The van der Waals surface area contributed by atoms with E-state index < -0.39 is 5.60 Å². The van der Waals surface area contributed by atoms with Crippen LogP contribution in [0.5, 0.6) is 5.75 Å². The summed E-state index contributed by atoms with van der Waals surface area (Å²) >= 11 is 0. The maximum absolute atomic E-state index is 12.1. The number of rotatable bonds is 3. The molecule has 0 aliphatic carbocycles. The summed E-state index contributed by atoms with van der Waals surface area (Å²) in [7, 11) is 0. The van der Waals surface area contributed by atoms with E-state index in [1.54, 1.807) is 17.3 Å². The molecule has 1 aliphatic rings. The smallest absolute Gasteiger partial charge is 0.410 e. The Kier molecular flexibility index (Phi) is 4.47. The minimum atomic E-state index is -0.464. The molecule has 1 fully saturated rings. The third-order valence-corrected chi connectivity index (χ3v) is 3.08. The first kappa shape index (κ1) is 14.6. The van der Waals surface area contributed by atoms with Crippen molar-refractivity contribution in [3.05, 3.63) is 24.5 Å². The van der Waals surface area contributed by atoms with Crippen molar-refractivity contribution >= 4 is 6.09 Å². The van der Waals surface area contributed by atoms with Gasteiger partial charge in [0.2, 0.25) is 0 Å². The lowest BCUT2D eigenvalue weighted by atomic mass is 10.2. The van der Waals surface area contributed by atoms with Crippen LogP contribution in [-0.2, 0) is 4.74 Å². The molecule has 20 heavy (non-hydrogen) atoms. The molecular formula is C15H22N2O3. The van der Waals surface area contributed by atoms with Gasteiger partial charge in [-0.05, 0) is 45.7 Å². The lowest BCUT2D eigenvalue weighted by molar-refractivity contribution is 0.0187. The molecule has 110 valence electrons. The van der Waals surface area contributed by atoms with Gasteiger partial charge < -0.3 is 14.4 Å². The first-order valence-corrected chi connectivity index (χ1v) is 6.98. The molecule has 1 saturated heterocycles. The highest BCUT2D eigenvalue weighted by atomic mass is 16.6. The lowest BCUT2D eigenvalue weighted by Crippen LogP contribution is -2.42. The molecule has 0 aromatic carbocycles. The van der Waals surface area contributed by atoms with E-state index in [0.29, 0.717) is 6.61 Å². The normalized spacial score (nSPS) is 18.9. The lowest BCUT2D eigenvalue weighted by Gasteiger charge is -2.28. The third-order valence-electron chi connectivity index (χ3n) is 3.08. The van der Waals surface area contributed by atoms with Crippen LogP contribution in [-0.4, -0.2) is 40.8 Å². The summed E-state index contributed by atoms with van der Waals surface area (Å²) in [5.41, 5.74) is -0.464. The number of amides is 1. The van der Waals surface area contributed by atoms with Gasteiger partial charge in [0.15, 0.2) is 0 Å². The molecular weight excluding hydrogens is 256 g/mol. The van der Waals surface area contributed by atoms with Crippen LogP contribution in [0.2, 0.25) is 0 Å². The highest BCUT2D eigenvalue weighted by Crippen LogP contribution is 2.21. The molecule has 1 atom stereocenters. The van der Waals surface area contributed by atoms with Crippen molar-refractivity contribution in [2.24, 2.45) is 0 Å². The van der Waals surface area contributed by atoms with Gasteiger partial charge in [0.05, 0.1) is 12.2 Å². The van der Waals surface area contributed by atoms with Crippen LogP contribution in [0.15, 0.2) is 24.5 Å². The quantitative estimate of drug-likeness (QED) is 0.853. The van der Waals surface area contributed by atoms with Crippen LogP contribution in [0.4, 0.5) is 4.79 Å². The van der Waals surface area contributed by atoms with Gasteiger partial charge in [-0.1, -0.05) is 0 Å². The van der Waals surface area contributed by atoms with Gasteiger partial charge in [-0.25, -0.2) is 4.79 Å². The van der Waals surface area contributed by atoms with Crippen LogP contribution in [0.3, 0.4) is 0 Å². The molecule has 0 bridgehead atoms. The number of nitrogens with zero attached hydrogens (tertiary/aromatic N) is 2. The zero-order valence-electron chi connectivity index (χ0n) is 12.3. The molecule has 1 aromatic heterocycles. The number of hydrogen-bond donors (Lipinski definition) is 0. The average Bonchev–Trinajstić information content (AvgIpc) is 2.84. The van der Waals surface area contributed by atoms with E-state index in [4.69, 9.17) is 9.47 Å². The SMILES string of the molecule is CC(C)(C)OC(=O)N1CCCC1COc1cccnc1. The predicted octanol–water partition coefficient (Wildman–Crippen LogP) is 2.86. The van der Waals surface area contributed by atoms with Crippen LogP contribution in [0.25, 0.3) is 0 Å². The van der Waals surface area contributed by atoms with Gasteiger partial charge in [-0.3, -0.25) is 4.98 Å². The molecule has 0 spiro atoms. The van der Waals surface area contributed by atoms with Gasteiger partial charge in [0, 0.05) is 12.7 Å². The number of hydrogen-bond acceptors (Lipinski definition) is 4. The highest BCUT2D eigenvalue weighted by Gasteiger charge is 2.32. The molecule has 2 heterocycles. The Bertz CT molecular complexity index is 442. The molecule has 1 amide bonds. The summed E-state index contributed by atoms with van der Waals surface area (Å²) in [4.78, 5) is 17.9. The van der Waals surface area contributed by atoms with Crippen molar-refractivity contribution < 1.29 is 14.3 Å². The number of likely N-dealkylation sites (tertiary alicyclic amines) is 1. The zero-order chi connectivity index (χ0) is 14.6. The Morgan fingerprint density at radius 2 is 2.30 bits per heavy atom. The minimum Gasteiger partial charge on any atom is -0.490 e. The highest BCUT2D eigenvalue weighted by molar-refractivity contribution is 5.69. The van der Waals surface area contributed by atoms with E-state index in [9.17, 15) is 4.79 Å². The van der Waals surface area contributed by atoms with E-state index in [-0.39, 0.29) is 12.1 Å². The number of ether oxygens (including phenoxy) is 2. The van der Waals surface area contributed by atoms with Gasteiger partial charge in [0.1, 0.15) is 18.0 Å². The second-order valence-electron chi connectivity index (χ2n) is 5.97. The fourth-order valence-corrected chi connectivity index (χ4v) is 2.19. The topological polar surface area (TPSA) is 51.7 Å². The van der Waals surface area contributed by atoms with Crippen molar-refractivity contribution in [3.63, 3.8) is 0 Å². The van der Waals surface area contributed by atoms with E-state index in [1.165, 1.54) is 0 Å². The van der Waals surface area contributed by atoms with Crippen molar-refractivity contribution in [2.75, 3.05) is 13.2 Å².